The Hall–Kier alpha value is 0.0300. The van der Waals surface area contributed by atoms with Gasteiger partial charge in [-0.15, -0.1) is 4.67 Å². The first kappa shape index (κ1) is 25.0. The van der Waals surface area contributed by atoms with E-state index in [0.717, 1.165) is 12.8 Å². The lowest BCUT2D eigenvalue weighted by molar-refractivity contribution is -0.229. The molecule has 0 aliphatic carbocycles. The van der Waals surface area contributed by atoms with Gasteiger partial charge in [0.2, 0.25) is 0 Å². The van der Waals surface area contributed by atoms with Crippen LogP contribution in [0.15, 0.2) is 0 Å². The van der Waals surface area contributed by atoms with Gasteiger partial charge in [0, 0.05) is 6.61 Å². The van der Waals surface area contributed by atoms with E-state index in [1.807, 2.05) is 0 Å². The zero-order valence-electron chi connectivity index (χ0n) is 16.0. The highest BCUT2D eigenvalue weighted by Gasteiger charge is 2.14. The topological polar surface area (TPSA) is 85.2 Å². The summed E-state index contributed by atoms with van der Waals surface area (Å²) >= 11 is 0. The Kier molecular flexibility index (Phi) is 18.8. The molecule has 0 atom stereocenters. The maximum absolute atomic E-state index is 10.3. The molecule has 0 saturated carbocycles. The Morgan fingerprint density at radius 2 is 1.08 bits per heavy atom. The Morgan fingerprint density at radius 1 is 0.640 bits per heavy atom. The van der Waals surface area contributed by atoms with Gasteiger partial charge in [-0.2, -0.15) is 0 Å². The number of rotatable bonds is 20. The largest absolute Gasteiger partial charge is 0.496 e. The molecule has 0 radical (unpaired) electrons. The highest BCUT2D eigenvalue weighted by Crippen LogP contribution is 2.35. The summed E-state index contributed by atoms with van der Waals surface area (Å²) in [4.78, 5) is 21.1. The highest BCUT2D eigenvalue weighted by molar-refractivity contribution is 7.46. The molecule has 152 valence electrons. The van der Waals surface area contributed by atoms with Crippen LogP contribution >= 0.6 is 7.82 Å². The van der Waals surface area contributed by atoms with E-state index >= 15 is 0 Å². The third-order valence-electron chi connectivity index (χ3n) is 4.10. The average molecular weight is 382 g/mol. The number of unbranched alkanes of at least 4 members (excludes halogenated alkanes) is 13. The van der Waals surface area contributed by atoms with E-state index in [1.165, 1.54) is 77.0 Å². The normalized spacial score (nSPS) is 12.0. The number of phosphoric acid groups is 1. The summed E-state index contributed by atoms with van der Waals surface area (Å²) in [7, 11) is -4.54. The number of hydrogen-bond donors (Lipinski definition) is 2. The first-order chi connectivity index (χ1) is 12.1. The van der Waals surface area contributed by atoms with Crippen molar-refractivity contribution in [2.75, 3.05) is 19.8 Å². The molecule has 0 amide bonds. The second-order valence-electron chi connectivity index (χ2n) is 6.60. The van der Waals surface area contributed by atoms with Crippen LogP contribution in [-0.2, 0) is 18.9 Å². The third kappa shape index (κ3) is 24.0. The second kappa shape index (κ2) is 18.8. The minimum absolute atomic E-state index is 0.0176. The summed E-state index contributed by atoms with van der Waals surface area (Å²) in [6.07, 6.45) is 18.6. The van der Waals surface area contributed by atoms with Gasteiger partial charge in [0.05, 0.1) is 6.61 Å². The lowest BCUT2D eigenvalue weighted by Crippen LogP contribution is -2.05. The molecule has 0 spiro atoms. The van der Waals surface area contributed by atoms with Crippen LogP contribution in [0, 0.1) is 0 Å². The quantitative estimate of drug-likeness (QED) is 0.125. The van der Waals surface area contributed by atoms with Crippen molar-refractivity contribution in [1.29, 1.82) is 0 Å². The zero-order chi connectivity index (χ0) is 18.6. The lowest BCUT2D eigenvalue weighted by atomic mass is 10.0. The maximum atomic E-state index is 10.3. The van der Waals surface area contributed by atoms with E-state index in [0.29, 0.717) is 6.61 Å². The predicted octanol–water partition coefficient (Wildman–Crippen LogP) is 5.53. The number of ether oxygens (including phenoxy) is 1. The van der Waals surface area contributed by atoms with Crippen LogP contribution in [0.25, 0.3) is 0 Å². The smallest absolute Gasteiger partial charge is 0.379 e. The summed E-state index contributed by atoms with van der Waals surface area (Å²) in [5.74, 6) is 0. The molecular weight excluding hydrogens is 343 g/mol. The molecule has 0 unspecified atom stereocenters. The van der Waals surface area contributed by atoms with Crippen LogP contribution in [-0.4, -0.2) is 29.6 Å². The highest BCUT2D eigenvalue weighted by atomic mass is 31.2. The molecule has 0 rings (SSSR count). The third-order valence-corrected chi connectivity index (χ3v) is 4.40. The SMILES string of the molecule is CCCCCCCCCCCCCCCCOCCOOP(=O)(O)O. The van der Waals surface area contributed by atoms with E-state index in [-0.39, 0.29) is 13.2 Å². The zero-order valence-corrected chi connectivity index (χ0v) is 16.9. The van der Waals surface area contributed by atoms with E-state index in [4.69, 9.17) is 14.5 Å². The molecule has 0 fully saturated rings. The van der Waals surface area contributed by atoms with Crippen LogP contribution in [0.4, 0.5) is 0 Å². The fourth-order valence-corrected chi connectivity index (χ4v) is 2.91. The average Bonchev–Trinajstić information content (AvgIpc) is 2.56. The van der Waals surface area contributed by atoms with Gasteiger partial charge in [-0.05, 0) is 6.42 Å². The first-order valence-electron chi connectivity index (χ1n) is 10.0. The lowest BCUT2D eigenvalue weighted by Gasteiger charge is -2.06. The monoisotopic (exact) mass is 382 g/mol. The van der Waals surface area contributed by atoms with Crippen LogP contribution in [0.3, 0.4) is 0 Å². The van der Waals surface area contributed by atoms with Gasteiger partial charge in [0.25, 0.3) is 0 Å². The fourth-order valence-electron chi connectivity index (χ4n) is 2.70. The Balaban J connectivity index is 3.02. The molecule has 0 aliphatic heterocycles. The molecule has 0 aliphatic rings. The van der Waals surface area contributed by atoms with Crippen LogP contribution in [0.5, 0.6) is 0 Å². The molecule has 0 saturated heterocycles. The van der Waals surface area contributed by atoms with Gasteiger partial charge in [0.1, 0.15) is 6.61 Å². The summed E-state index contributed by atoms with van der Waals surface area (Å²) in [5.41, 5.74) is 0. The minimum atomic E-state index is -4.54. The molecule has 2 N–H and O–H groups in total. The standard InChI is InChI=1S/C18H39O6P/c1-2-3-4-5-6-7-8-9-10-11-12-13-14-15-16-22-17-18-23-24-25(19,20)21/h2-18H2,1H3,(H2,19,20,21). The van der Waals surface area contributed by atoms with E-state index in [1.54, 1.807) is 0 Å². The van der Waals surface area contributed by atoms with Gasteiger partial charge >= 0.3 is 7.82 Å². The van der Waals surface area contributed by atoms with Gasteiger partial charge in [0.15, 0.2) is 0 Å². The van der Waals surface area contributed by atoms with Gasteiger partial charge in [-0.1, -0.05) is 90.4 Å². The summed E-state index contributed by atoms with van der Waals surface area (Å²) in [6, 6.07) is 0. The molecule has 0 bridgehead atoms. The second-order valence-corrected chi connectivity index (χ2v) is 7.73. The van der Waals surface area contributed by atoms with E-state index in [9.17, 15) is 4.57 Å². The van der Waals surface area contributed by atoms with Crippen LogP contribution < -0.4 is 0 Å². The summed E-state index contributed by atoms with van der Waals surface area (Å²) < 4.78 is 19.5. The van der Waals surface area contributed by atoms with Crippen molar-refractivity contribution < 1.29 is 28.7 Å². The Bertz CT molecular complexity index is 308. The van der Waals surface area contributed by atoms with Crippen molar-refractivity contribution in [2.24, 2.45) is 0 Å². The van der Waals surface area contributed by atoms with E-state index in [2.05, 4.69) is 16.5 Å². The molecule has 0 aromatic carbocycles. The Morgan fingerprint density at radius 3 is 1.52 bits per heavy atom. The molecule has 0 heterocycles. The molecule has 0 aromatic rings. The van der Waals surface area contributed by atoms with E-state index < -0.39 is 7.82 Å². The molecule has 0 aromatic heterocycles. The molecule has 6 nitrogen and oxygen atoms in total. The predicted molar refractivity (Wildman–Crippen MR) is 100 cm³/mol. The van der Waals surface area contributed by atoms with Crippen molar-refractivity contribution in [3.05, 3.63) is 0 Å². The van der Waals surface area contributed by atoms with Crippen LogP contribution in [0.1, 0.15) is 96.8 Å². The maximum Gasteiger partial charge on any atom is 0.496 e. The number of hydrogen-bond acceptors (Lipinski definition) is 4. The summed E-state index contributed by atoms with van der Waals surface area (Å²) in [6.45, 7) is 3.20. The van der Waals surface area contributed by atoms with Gasteiger partial charge in [-0.25, -0.2) is 9.45 Å². The molecular formula is C18H39O6P. The van der Waals surface area contributed by atoms with Crippen LogP contribution in [0.2, 0.25) is 0 Å². The van der Waals surface area contributed by atoms with Crippen molar-refractivity contribution in [3.8, 4) is 0 Å². The van der Waals surface area contributed by atoms with Crippen molar-refractivity contribution in [2.45, 2.75) is 96.8 Å². The van der Waals surface area contributed by atoms with Crippen molar-refractivity contribution in [1.82, 2.24) is 0 Å². The summed E-state index contributed by atoms with van der Waals surface area (Å²) in [5, 5.41) is 0. The Labute approximate surface area is 153 Å². The fraction of sp³-hybridized carbons (Fsp3) is 1.00. The van der Waals surface area contributed by atoms with Gasteiger partial charge in [-0.3, -0.25) is 0 Å². The van der Waals surface area contributed by atoms with Crippen molar-refractivity contribution in [3.63, 3.8) is 0 Å². The van der Waals surface area contributed by atoms with Gasteiger partial charge < -0.3 is 14.5 Å². The van der Waals surface area contributed by atoms with Crippen molar-refractivity contribution >= 4 is 7.82 Å². The molecule has 7 heteroatoms. The molecule has 25 heavy (non-hydrogen) atoms. The minimum Gasteiger partial charge on any atom is -0.379 e. The first-order valence-corrected chi connectivity index (χ1v) is 11.5.